The summed E-state index contributed by atoms with van der Waals surface area (Å²) >= 11 is 0. The first-order valence-electron chi connectivity index (χ1n) is 9.25. The average molecular weight is 335 g/mol. The molecule has 0 atom stereocenters. The number of rotatable bonds is 5. The maximum absolute atomic E-state index is 4.66. The highest BCUT2D eigenvalue weighted by Gasteiger charge is 2.48. The molecule has 1 spiro atoms. The van der Waals surface area contributed by atoms with Crippen LogP contribution in [0.1, 0.15) is 56.2 Å². The zero-order chi connectivity index (χ0) is 18.2. The number of hydrogen-bond donors (Lipinski definition) is 0. The molecule has 1 aliphatic carbocycles. The van der Waals surface area contributed by atoms with E-state index in [1.807, 2.05) is 6.08 Å². The summed E-state index contributed by atoms with van der Waals surface area (Å²) in [5, 5.41) is 0. The smallest absolute Gasteiger partial charge is 0.0571 e. The lowest BCUT2D eigenvalue weighted by Crippen LogP contribution is -2.50. The summed E-state index contributed by atoms with van der Waals surface area (Å²) in [6.07, 6.45) is 6.69. The van der Waals surface area contributed by atoms with Crippen molar-refractivity contribution in [2.75, 3.05) is 18.0 Å². The van der Waals surface area contributed by atoms with Crippen LogP contribution in [0, 0.1) is 6.92 Å². The fraction of sp³-hybridized carbons (Fsp3) is 0.435. The van der Waals surface area contributed by atoms with E-state index in [1.165, 1.54) is 40.8 Å². The molecule has 0 aromatic heterocycles. The van der Waals surface area contributed by atoms with E-state index in [1.54, 1.807) is 0 Å². The molecule has 0 radical (unpaired) electrons. The van der Waals surface area contributed by atoms with Crippen LogP contribution in [0.2, 0.25) is 0 Å². The fourth-order valence-electron chi connectivity index (χ4n) is 4.49. The molecule has 2 fully saturated rings. The number of aliphatic imine (C=N–C) groups is 1. The highest BCUT2D eigenvalue weighted by Crippen LogP contribution is 2.50. The molecule has 1 aliphatic heterocycles. The summed E-state index contributed by atoms with van der Waals surface area (Å²) in [5.41, 5.74) is 8.96. The first-order valence-corrected chi connectivity index (χ1v) is 9.25. The highest BCUT2D eigenvalue weighted by atomic mass is 15.2. The lowest BCUT2D eigenvalue weighted by molar-refractivity contribution is 0.335. The Kier molecular flexibility index (Phi) is 4.73. The molecule has 1 aromatic carbocycles. The standard InChI is InChI=1S/C23H30N2/c1-7-10-24-19(6)21-13-22(18(5)12-20(21)16(2)3)25-11-8-9-23(25)14-17(4)15-23/h7,12-13H,1-2,4,8-11,14-15H2,3,5-6H3. The fourth-order valence-corrected chi connectivity index (χ4v) is 4.49. The number of benzene rings is 1. The summed E-state index contributed by atoms with van der Waals surface area (Å²) in [5.74, 6) is 0. The first-order chi connectivity index (χ1) is 11.9. The maximum atomic E-state index is 4.66. The number of anilines is 1. The molecule has 25 heavy (non-hydrogen) atoms. The van der Waals surface area contributed by atoms with Crippen molar-refractivity contribution in [3.63, 3.8) is 0 Å². The minimum atomic E-state index is 0.315. The van der Waals surface area contributed by atoms with Gasteiger partial charge in [0.05, 0.1) is 6.54 Å². The van der Waals surface area contributed by atoms with Gasteiger partial charge in [-0.3, -0.25) is 4.99 Å². The van der Waals surface area contributed by atoms with E-state index in [2.05, 4.69) is 62.5 Å². The molecule has 2 heteroatoms. The Balaban J connectivity index is 2.07. The predicted octanol–water partition coefficient (Wildman–Crippen LogP) is 5.71. The molecule has 3 rings (SSSR count). The van der Waals surface area contributed by atoms with Gasteiger partial charge in [0.1, 0.15) is 0 Å². The Morgan fingerprint density at radius 1 is 1.28 bits per heavy atom. The second-order valence-corrected chi connectivity index (χ2v) is 7.76. The summed E-state index contributed by atoms with van der Waals surface area (Å²) in [4.78, 5) is 7.30. The van der Waals surface area contributed by atoms with Crippen molar-refractivity contribution in [3.05, 3.63) is 60.2 Å². The topological polar surface area (TPSA) is 15.6 Å². The zero-order valence-corrected chi connectivity index (χ0v) is 16.0. The second-order valence-electron chi connectivity index (χ2n) is 7.76. The predicted molar refractivity (Wildman–Crippen MR) is 111 cm³/mol. The molecule has 0 bridgehead atoms. The molecule has 0 N–H and O–H groups in total. The van der Waals surface area contributed by atoms with Gasteiger partial charge in [-0.2, -0.15) is 0 Å². The van der Waals surface area contributed by atoms with Crippen LogP contribution in [0.4, 0.5) is 5.69 Å². The zero-order valence-electron chi connectivity index (χ0n) is 16.0. The number of allylic oxidation sites excluding steroid dienone is 1. The molecule has 132 valence electrons. The van der Waals surface area contributed by atoms with Crippen LogP contribution in [-0.2, 0) is 0 Å². The van der Waals surface area contributed by atoms with Crippen molar-refractivity contribution >= 4 is 17.0 Å². The molecule has 2 nitrogen and oxygen atoms in total. The molecule has 1 aromatic rings. The first kappa shape index (κ1) is 17.7. The summed E-state index contributed by atoms with van der Waals surface area (Å²) in [6, 6.07) is 4.63. The molecule has 1 saturated heterocycles. The molecular weight excluding hydrogens is 304 g/mol. The lowest BCUT2D eigenvalue weighted by Gasteiger charge is -2.49. The van der Waals surface area contributed by atoms with Crippen LogP contribution in [-0.4, -0.2) is 24.3 Å². The Morgan fingerprint density at radius 2 is 2.00 bits per heavy atom. The van der Waals surface area contributed by atoms with Crippen LogP contribution in [0.15, 0.2) is 48.5 Å². The molecule has 1 heterocycles. The van der Waals surface area contributed by atoms with Crippen LogP contribution in [0.5, 0.6) is 0 Å². The van der Waals surface area contributed by atoms with Crippen LogP contribution < -0.4 is 4.90 Å². The largest absolute Gasteiger partial charge is 0.365 e. The SMILES string of the molecule is C=CCN=C(C)c1cc(N2CCCC23CC(=C)C3)c(C)cc1C(=C)C. The number of hydrogen-bond acceptors (Lipinski definition) is 2. The molecule has 1 saturated carbocycles. The van der Waals surface area contributed by atoms with E-state index in [4.69, 9.17) is 0 Å². The minimum Gasteiger partial charge on any atom is -0.365 e. The Hall–Kier alpha value is -2.09. The quantitative estimate of drug-likeness (QED) is 0.497. The van der Waals surface area contributed by atoms with Gasteiger partial charge in [-0.15, -0.1) is 6.58 Å². The van der Waals surface area contributed by atoms with Gasteiger partial charge >= 0.3 is 0 Å². The lowest BCUT2D eigenvalue weighted by atomic mass is 9.71. The Labute approximate surface area is 152 Å². The maximum Gasteiger partial charge on any atom is 0.0571 e. The van der Waals surface area contributed by atoms with E-state index in [-0.39, 0.29) is 0 Å². The minimum absolute atomic E-state index is 0.315. The normalized spacial score (nSPS) is 19.2. The van der Waals surface area contributed by atoms with E-state index in [0.717, 1.165) is 30.7 Å². The molecule has 0 amide bonds. The summed E-state index contributed by atoms with van der Waals surface area (Å²) in [6.45, 7) is 20.3. The van der Waals surface area contributed by atoms with E-state index in [0.29, 0.717) is 12.1 Å². The monoisotopic (exact) mass is 334 g/mol. The highest BCUT2D eigenvalue weighted by molar-refractivity contribution is 6.04. The van der Waals surface area contributed by atoms with Crippen LogP contribution in [0.3, 0.4) is 0 Å². The van der Waals surface area contributed by atoms with Crippen molar-refractivity contribution in [2.45, 2.75) is 52.0 Å². The van der Waals surface area contributed by atoms with Crippen molar-refractivity contribution in [3.8, 4) is 0 Å². The van der Waals surface area contributed by atoms with Crippen molar-refractivity contribution in [1.82, 2.24) is 0 Å². The van der Waals surface area contributed by atoms with Gasteiger partial charge in [0.2, 0.25) is 0 Å². The average Bonchev–Trinajstić information content (AvgIpc) is 2.96. The Bertz CT molecular complexity index is 759. The molecule has 2 aliphatic rings. The van der Waals surface area contributed by atoms with Gasteiger partial charge in [0.15, 0.2) is 0 Å². The van der Waals surface area contributed by atoms with E-state index in [9.17, 15) is 0 Å². The third kappa shape index (κ3) is 3.10. The molecular formula is C23H30N2. The molecule has 0 unspecified atom stereocenters. The number of aryl methyl sites for hydroxylation is 1. The Morgan fingerprint density at radius 3 is 2.60 bits per heavy atom. The van der Waals surface area contributed by atoms with Gasteiger partial charge in [-0.05, 0) is 69.7 Å². The van der Waals surface area contributed by atoms with Gasteiger partial charge in [-0.25, -0.2) is 0 Å². The van der Waals surface area contributed by atoms with E-state index >= 15 is 0 Å². The summed E-state index contributed by atoms with van der Waals surface area (Å²) < 4.78 is 0. The van der Waals surface area contributed by atoms with Gasteiger partial charge in [-0.1, -0.05) is 30.4 Å². The van der Waals surface area contributed by atoms with Gasteiger partial charge < -0.3 is 4.90 Å². The van der Waals surface area contributed by atoms with Crippen molar-refractivity contribution in [2.24, 2.45) is 4.99 Å². The second kappa shape index (κ2) is 6.67. The third-order valence-electron chi connectivity index (χ3n) is 5.69. The van der Waals surface area contributed by atoms with Crippen molar-refractivity contribution in [1.29, 1.82) is 0 Å². The van der Waals surface area contributed by atoms with Crippen LogP contribution in [0.25, 0.3) is 5.57 Å². The van der Waals surface area contributed by atoms with Gasteiger partial charge in [0.25, 0.3) is 0 Å². The number of nitrogens with zero attached hydrogens (tertiary/aromatic N) is 2. The van der Waals surface area contributed by atoms with Gasteiger partial charge in [0, 0.05) is 29.0 Å². The third-order valence-corrected chi connectivity index (χ3v) is 5.69. The van der Waals surface area contributed by atoms with E-state index < -0.39 is 0 Å². The summed E-state index contributed by atoms with van der Waals surface area (Å²) in [7, 11) is 0. The van der Waals surface area contributed by atoms with Crippen LogP contribution >= 0.6 is 0 Å². The van der Waals surface area contributed by atoms with Crippen molar-refractivity contribution < 1.29 is 0 Å².